The van der Waals surface area contributed by atoms with Gasteiger partial charge in [-0.1, -0.05) is 0 Å². The summed E-state index contributed by atoms with van der Waals surface area (Å²) in [6, 6.07) is 3.24. The Labute approximate surface area is 125 Å². The first-order valence-electron chi connectivity index (χ1n) is 7.02. The van der Waals surface area contributed by atoms with E-state index in [0.717, 1.165) is 5.69 Å². The lowest BCUT2D eigenvalue weighted by Gasteiger charge is -2.24. The largest absolute Gasteiger partial charge is 0.506 e. The number of aromatic hydroxyl groups is 1. The second kappa shape index (κ2) is 7.95. The fraction of sp³-hybridized carbons (Fsp3) is 0.600. The van der Waals surface area contributed by atoms with E-state index in [4.69, 9.17) is 4.74 Å². The van der Waals surface area contributed by atoms with Crippen molar-refractivity contribution < 1.29 is 19.7 Å². The Morgan fingerprint density at radius 2 is 2.05 bits per heavy atom. The van der Waals surface area contributed by atoms with Crippen molar-refractivity contribution in [2.24, 2.45) is 0 Å². The van der Waals surface area contributed by atoms with Crippen LogP contribution in [-0.2, 0) is 16.1 Å². The number of pyridine rings is 1. The average molecular weight is 296 g/mol. The molecule has 1 rings (SSSR count). The number of hydrogen-bond donors (Lipinski definition) is 2. The number of aryl methyl sites for hydroxylation is 1. The van der Waals surface area contributed by atoms with Crippen LogP contribution < -0.4 is 0 Å². The van der Waals surface area contributed by atoms with Crippen molar-refractivity contribution in [1.29, 1.82) is 0 Å². The molecule has 0 bridgehead atoms. The van der Waals surface area contributed by atoms with Crippen LogP contribution in [0, 0.1) is 6.92 Å². The van der Waals surface area contributed by atoms with Crippen LogP contribution in [0.3, 0.4) is 0 Å². The quantitative estimate of drug-likeness (QED) is 0.791. The van der Waals surface area contributed by atoms with E-state index in [0.29, 0.717) is 5.69 Å². The van der Waals surface area contributed by atoms with Crippen molar-refractivity contribution in [3.63, 3.8) is 0 Å². The van der Waals surface area contributed by atoms with E-state index in [2.05, 4.69) is 4.98 Å². The summed E-state index contributed by atoms with van der Waals surface area (Å²) >= 11 is 0. The summed E-state index contributed by atoms with van der Waals surface area (Å²) < 4.78 is 5.30. The van der Waals surface area contributed by atoms with Crippen LogP contribution in [0.1, 0.15) is 32.2 Å². The minimum absolute atomic E-state index is 0.0359. The molecule has 0 saturated heterocycles. The smallest absolute Gasteiger partial charge is 0.249 e. The van der Waals surface area contributed by atoms with Gasteiger partial charge in [0.15, 0.2) is 0 Å². The Balaban J connectivity index is 2.82. The zero-order chi connectivity index (χ0) is 16.0. The molecule has 1 atom stereocenters. The van der Waals surface area contributed by atoms with Crippen molar-refractivity contribution >= 4 is 5.91 Å². The second-order valence-electron chi connectivity index (χ2n) is 5.40. The van der Waals surface area contributed by atoms with Gasteiger partial charge < -0.3 is 19.8 Å². The lowest BCUT2D eigenvalue weighted by atomic mass is 10.2. The number of aliphatic hydroxyl groups is 1. The van der Waals surface area contributed by atoms with Gasteiger partial charge in [0, 0.05) is 12.2 Å². The predicted octanol–water partition coefficient (Wildman–Crippen LogP) is 1.23. The van der Waals surface area contributed by atoms with Crippen LogP contribution >= 0.6 is 0 Å². The molecule has 0 saturated carbocycles. The van der Waals surface area contributed by atoms with Gasteiger partial charge in [-0.2, -0.15) is 0 Å². The molecule has 0 unspecified atom stereocenters. The molecule has 1 amide bonds. The number of amides is 1. The number of aliphatic hydroxyl groups excluding tert-OH is 1. The third-order valence-electron chi connectivity index (χ3n) is 2.81. The van der Waals surface area contributed by atoms with Gasteiger partial charge in [0.05, 0.1) is 18.8 Å². The number of carbonyl (C=O) groups is 1. The van der Waals surface area contributed by atoms with E-state index in [1.165, 1.54) is 4.90 Å². The Morgan fingerprint density at radius 3 is 2.62 bits per heavy atom. The molecule has 6 nitrogen and oxygen atoms in total. The lowest BCUT2D eigenvalue weighted by molar-refractivity contribution is -0.139. The van der Waals surface area contributed by atoms with Gasteiger partial charge in [0.2, 0.25) is 5.91 Å². The molecule has 0 aliphatic rings. The van der Waals surface area contributed by atoms with Crippen LogP contribution in [0.25, 0.3) is 0 Å². The molecule has 0 aromatic carbocycles. The summed E-state index contributed by atoms with van der Waals surface area (Å²) in [7, 11) is 0. The van der Waals surface area contributed by atoms with Crippen molar-refractivity contribution in [3.05, 3.63) is 23.5 Å². The maximum Gasteiger partial charge on any atom is 0.249 e. The number of hydrogen-bond acceptors (Lipinski definition) is 5. The minimum atomic E-state index is -0.667. The van der Waals surface area contributed by atoms with Gasteiger partial charge >= 0.3 is 0 Å². The molecule has 0 radical (unpaired) electrons. The zero-order valence-corrected chi connectivity index (χ0v) is 13.0. The van der Waals surface area contributed by atoms with Gasteiger partial charge in [-0.15, -0.1) is 0 Å². The van der Waals surface area contributed by atoms with Gasteiger partial charge in [-0.25, -0.2) is 0 Å². The molecule has 6 heteroatoms. The number of nitrogens with zero attached hydrogens (tertiary/aromatic N) is 2. The molecule has 0 aliphatic heterocycles. The Morgan fingerprint density at radius 1 is 1.38 bits per heavy atom. The van der Waals surface area contributed by atoms with Crippen LogP contribution in [0.5, 0.6) is 5.75 Å². The van der Waals surface area contributed by atoms with E-state index in [1.807, 2.05) is 20.8 Å². The third-order valence-corrected chi connectivity index (χ3v) is 2.81. The Hall–Kier alpha value is -1.66. The van der Waals surface area contributed by atoms with E-state index >= 15 is 0 Å². The zero-order valence-electron chi connectivity index (χ0n) is 13.0. The molecule has 118 valence electrons. The highest BCUT2D eigenvalue weighted by molar-refractivity contribution is 5.77. The molecular formula is C15H24N2O4. The van der Waals surface area contributed by atoms with E-state index < -0.39 is 6.10 Å². The van der Waals surface area contributed by atoms with Crippen LogP contribution in [0.15, 0.2) is 12.1 Å². The van der Waals surface area contributed by atoms with Crippen molar-refractivity contribution in [2.45, 2.75) is 46.4 Å². The first-order chi connectivity index (χ1) is 9.79. The monoisotopic (exact) mass is 296 g/mol. The minimum Gasteiger partial charge on any atom is -0.506 e. The fourth-order valence-electron chi connectivity index (χ4n) is 1.80. The van der Waals surface area contributed by atoms with E-state index in [-0.39, 0.29) is 37.5 Å². The molecule has 21 heavy (non-hydrogen) atoms. The normalized spacial score (nSPS) is 12.5. The molecule has 0 aliphatic carbocycles. The molecule has 1 aromatic heterocycles. The summed E-state index contributed by atoms with van der Waals surface area (Å²) in [4.78, 5) is 17.8. The van der Waals surface area contributed by atoms with Crippen LogP contribution in [0.2, 0.25) is 0 Å². The molecule has 1 aromatic rings. The molecule has 0 spiro atoms. The van der Waals surface area contributed by atoms with Crippen molar-refractivity contribution in [2.75, 3.05) is 13.2 Å². The number of ether oxygens (including phenoxy) is 1. The summed E-state index contributed by atoms with van der Waals surface area (Å²) in [5.74, 6) is -0.207. The predicted molar refractivity (Wildman–Crippen MR) is 78.8 cm³/mol. The van der Waals surface area contributed by atoms with Gasteiger partial charge in [-0.3, -0.25) is 9.78 Å². The third kappa shape index (κ3) is 6.10. The second-order valence-corrected chi connectivity index (χ2v) is 5.40. The first-order valence-corrected chi connectivity index (χ1v) is 7.02. The summed E-state index contributed by atoms with van der Waals surface area (Å²) in [6.07, 6.45) is -0.715. The maximum absolute atomic E-state index is 12.2. The highest BCUT2D eigenvalue weighted by Gasteiger charge is 2.19. The first kappa shape index (κ1) is 17.4. The highest BCUT2D eigenvalue weighted by atomic mass is 16.5. The van der Waals surface area contributed by atoms with Crippen LogP contribution in [-0.4, -0.2) is 51.4 Å². The maximum atomic E-state index is 12.2. The summed E-state index contributed by atoms with van der Waals surface area (Å²) in [5, 5.41) is 19.4. The number of aromatic nitrogens is 1. The SMILES string of the molecule is Cc1ccc(O)c(CN(C[C@H](C)O)C(=O)COC(C)C)n1. The lowest BCUT2D eigenvalue weighted by Crippen LogP contribution is -2.39. The van der Waals surface area contributed by atoms with Gasteiger partial charge in [0.25, 0.3) is 0 Å². The fourth-order valence-corrected chi connectivity index (χ4v) is 1.80. The highest BCUT2D eigenvalue weighted by Crippen LogP contribution is 2.17. The average Bonchev–Trinajstić information content (AvgIpc) is 2.38. The Bertz CT molecular complexity index is 475. The summed E-state index contributed by atoms with van der Waals surface area (Å²) in [6.45, 7) is 7.35. The number of carbonyl (C=O) groups excluding carboxylic acids is 1. The Kier molecular flexibility index (Phi) is 6.58. The molecule has 1 heterocycles. The van der Waals surface area contributed by atoms with Gasteiger partial charge in [-0.05, 0) is 39.8 Å². The van der Waals surface area contributed by atoms with Gasteiger partial charge in [0.1, 0.15) is 18.1 Å². The number of rotatable bonds is 7. The van der Waals surface area contributed by atoms with Crippen LogP contribution in [0.4, 0.5) is 0 Å². The van der Waals surface area contributed by atoms with E-state index in [1.54, 1.807) is 19.1 Å². The standard InChI is InChI=1S/C15H24N2O4/c1-10(2)21-9-15(20)17(7-12(4)18)8-13-14(19)6-5-11(3)16-13/h5-6,10,12,18-19H,7-9H2,1-4H3/t12-/m0/s1. The topological polar surface area (TPSA) is 82.9 Å². The molecule has 0 fully saturated rings. The van der Waals surface area contributed by atoms with Crippen molar-refractivity contribution in [3.8, 4) is 5.75 Å². The summed E-state index contributed by atoms with van der Waals surface area (Å²) in [5.41, 5.74) is 1.17. The molecule has 2 N–H and O–H groups in total. The van der Waals surface area contributed by atoms with Crippen molar-refractivity contribution in [1.82, 2.24) is 9.88 Å². The van der Waals surface area contributed by atoms with E-state index in [9.17, 15) is 15.0 Å². The molecular weight excluding hydrogens is 272 g/mol.